The van der Waals surface area contributed by atoms with E-state index in [1.165, 1.54) is 13.2 Å². The zero-order valence-electron chi connectivity index (χ0n) is 11.3. The predicted octanol–water partition coefficient (Wildman–Crippen LogP) is 1.98. The highest BCUT2D eigenvalue weighted by molar-refractivity contribution is 5.88. The fourth-order valence-corrected chi connectivity index (χ4v) is 3.34. The van der Waals surface area contributed by atoms with Crippen molar-refractivity contribution in [1.29, 1.82) is 0 Å². The number of halogens is 1. The minimum Gasteiger partial charge on any atom is -0.467 e. The highest BCUT2D eigenvalue weighted by Crippen LogP contribution is 2.41. The first-order valence-corrected chi connectivity index (χ1v) is 6.79. The number of esters is 1. The molecule has 0 aromatic heterocycles. The van der Waals surface area contributed by atoms with Gasteiger partial charge in [0.05, 0.1) is 13.2 Å². The van der Waals surface area contributed by atoms with E-state index >= 15 is 0 Å². The van der Waals surface area contributed by atoms with Crippen LogP contribution in [0.4, 0.5) is 4.39 Å². The van der Waals surface area contributed by atoms with Crippen LogP contribution < -0.4 is 0 Å². The molecule has 0 bridgehead atoms. The van der Waals surface area contributed by atoms with Crippen molar-refractivity contribution >= 4 is 11.9 Å². The van der Waals surface area contributed by atoms with Crippen LogP contribution in [-0.2, 0) is 20.7 Å². The highest BCUT2D eigenvalue weighted by atomic mass is 19.1. The average molecular weight is 277 g/mol. The molecule has 1 heterocycles. The van der Waals surface area contributed by atoms with Gasteiger partial charge in [-0.25, -0.2) is 9.18 Å². The van der Waals surface area contributed by atoms with E-state index in [9.17, 15) is 14.0 Å². The summed E-state index contributed by atoms with van der Waals surface area (Å²) in [6, 6.07) is 4.19. The molecule has 1 amide bonds. The van der Waals surface area contributed by atoms with Gasteiger partial charge in [0.2, 0.25) is 5.91 Å². The molecule has 0 radical (unpaired) electrons. The number of hydrogen-bond donors (Lipinski definition) is 0. The van der Waals surface area contributed by atoms with Gasteiger partial charge in [0, 0.05) is 6.42 Å². The van der Waals surface area contributed by atoms with Crippen LogP contribution in [0.15, 0.2) is 18.2 Å². The smallest absolute Gasteiger partial charge is 0.328 e. The van der Waals surface area contributed by atoms with Gasteiger partial charge in [-0.1, -0.05) is 12.1 Å². The number of rotatable bonds is 2. The van der Waals surface area contributed by atoms with E-state index in [2.05, 4.69) is 0 Å². The quantitative estimate of drug-likeness (QED) is 0.777. The van der Waals surface area contributed by atoms with Crippen molar-refractivity contribution in [3.63, 3.8) is 0 Å². The monoisotopic (exact) mass is 277 g/mol. The lowest BCUT2D eigenvalue weighted by Crippen LogP contribution is -2.41. The third-order valence-electron chi connectivity index (χ3n) is 4.25. The number of hydrogen-bond acceptors (Lipinski definition) is 3. The molecule has 1 aliphatic carbocycles. The van der Waals surface area contributed by atoms with Gasteiger partial charge in [0.1, 0.15) is 11.9 Å². The summed E-state index contributed by atoms with van der Waals surface area (Å²) >= 11 is 0. The van der Waals surface area contributed by atoms with Crippen LogP contribution in [0.25, 0.3) is 0 Å². The number of carbonyl (C=O) groups is 2. The molecule has 0 spiro atoms. The maximum Gasteiger partial charge on any atom is 0.328 e. The molecule has 4 nitrogen and oxygen atoms in total. The molecular weight excluding hydrogens is 261 g/mol. The first-order chi connectivity index (χ1) is 9.63. The van der Waals surface area contributed by atoms with Crippen molar-refractivity contribution in [3.05, 3.63) is 35.1 Å². The number of carbonyl (C=O) groups excluding carboxylic acids is 2. The first-order valence-electron chi connectivity index (χ1n) is 6.79. The Morgan fingerprint density at radius 2 is 2.15 bits per heavy atom. The van der Waals surface area contributed by atoms with Crippen LogP contribution in [-0.4, -0.2) is 29.9 Å². The van der Waals surface area contributed by atoms with E-state index in [4.69, 9.17) is 4.74 Å². The molecule has 2 atom stereocenters. The van der Waals surface area contributed by atoms with Crippen LogP contribution in [0.2, 0.25) is 0 Å². The Labute approximate surface area is 116 Å². The number of methoxy groups -OCH3 is 1. The first kappa shape index (κ1) is 13.1. The molecule has 2 aliphatic rings. The van der Waals surface area contributed by atoms with Crippen molar-refractivity contribution in [2.45, 2.75) is 37.8 Å². The van der Waals surface area contributed by atoms with Crippen LogP contribution in [0.3, 0.4) is 0 Å². The van der Waals surface area contributed by atoms with Crippen molar-refractivity contribution in [2.24, 2.45) is 0 Å². The Bertz CT molecular complexity index is 572. The van der Waals surface area contributed by atoms with Gasteiger partial charge in [-0.2, -0.15) is 0 Å². The Hall–Kier alpha value is -1.91. The maximum absolute atomic E-state index is 13.8. The van der Waals surface area contributed by atoms with E-state index in [0.29, 0.717) is 31.2 Å². The Morgan fingerprint density at radius 3 is 2.90 bits per heavy atom. The third-order valence-corrected chi connectivity index (χ3v) is 4.25. The summed E-state index contributed by atoms with van der Waals surface area (Å²) in [5.41, 5.74) is 1.50. The van der Waals surface area contributed by atoms with Gasteiger partial charge >= 0.3 is 5.97 Å². The lowest BCUT2D eigenvalue weighted by molar-refractivity contribution is -0.150. The topological polar surface area (TPSA) is 46.6 Å². The number of ether oxygens (including phenoxy) is 1. The lowest BCUT2D eigenvalue weighted by Gasteiger charge is -2.29. The maximum atomic E-state index is 13.8. The molecule has 0 N–H and O–H groups in total. The van der Waals surface area contributed by atoms with Gasteiger partial charge in [-0.3, -0.25) is 4.79 Å². The second kappa shape index (κ2) is 4.89. The lowest BCUT2D eigenvalue weighted by atomic mass is 10.1. The third kappa shape index (κ3) is 1.88. The Balaban J connectivity index is 1.96. The molecule has 1 aromatic carbocycles. The average Bonchev–Trinajstić information content (AvgIpc) is 3.02. The summed E-state index contributed by atoms with van der Waals surface area (Å²) in [4.78, 5) is 25.5. The van der Waals surface area contributed by atoms with E-state index in [-0.39, 0.29) is 23.7 Å². The second-order valence-corrected chi connectivity index (χ2v) is 5.24. The molecule has 1 saturated heterocycles. The van der Waals surface area contributed by atoms with E-state index < -0.39 is 6.04 Å². The molecule has 106 valence electrons. The Morgan fingerprint density at radius 1 is 1.35 bits per heavy atom. The fourth-order valence-electron chi connectivity index (χ4n) is 3.34. The number of likely N-dealkylation sites (tertiary alicyclic amines) is 1. The van der Waals surface area contributed by atoms with Crippen LogP contribution in [0.1, 0.15) is 36.4 Å². The van der Waals surface area contributed by atoms with Crippen molar-refractivity contribution in [1.82, 2.24) is 4.90 Å². The van der Waals surface area contributed by atoms with E-state index in [0.717, 1.165) is 5.56 Å². The summed E-state index contributed by atoms with van der Waals surface area (Å²) in [6.45, 7) is 0. The predicted molar refractivity (Wildman–Crippen MR) is 69.3 cm³/mol. The van der Waals surface area contributed by atoms with Crippen molar-refractivity contribution in [3.8, 4) is 0 Å². The standard InChI is InChI=1S/C15H16FNO3/c1-20-15(19)13-7-8-14(18)17(13)12-6-5-9-10(12)3-2-4-11(9)16/h2-4,12-13H,5-8H2,1H3. The summed E-state index contributed by atoms with van der Waals surface area (Å²) in [7, 11) is 1.32. The minimum atomic E-state index is -0.535. The molecule has 1 aromatic rings. The molecule has 20 heavy (non-hydrogen) atoms. The normalized spacial score (nSPS) is 24.9. The van der Waals surface area contributed by atoms with Gasteiger partial charge in [-0.05, 0) is 36.5 Å². The zero-order chi connectivity index (χ0) is 14.3. The van der Waals surface area contributed by atoms with Crippen LogP contribution in [0.5, 0.6) is 0 Å². The van der Waals surface area contributed by atoms with E-state index in [1.807, 2.05) is 6.07 Å². The van der Waals surface area contributed by atoms with E-state index in [1.54, 1.807) is 11.0 Å². The number of amides is 1. The fraction of sp³-hybridized carbons (Fsp3) is 0.467. The number of benzene rings is 1. The molecule has 5 heteroatoms. The molecule has 3 rings (SSSR count). The Kier molecular flexibility index (Phi) is 3.20. The van der Waals surface area contributed by atoms with Gasteiger partial charge < -0.3 is 9.64 Å². The summed E-state index contributed by atoms with van der Waals surface area (Å²) < 4.78 is 18.6. The summed E-state index contributed by atoms with van der Waals surface area (Å²) in [5, 5.41) is 0. The molecule has 0 saturated carbocycles. The molecule has 2 unspecified atom stereocenters. The second-order valence-electron chi connectivity index (χ2n) is 5.24. The van der Waals surface area contributed by atoms with Crippen LogP contribution in [0, 0.1) is 5.82 Å². The minimum absolute atomic E-state index is 0.0532. The number of nitrogens with zero attached hydrogens (tertiary/aromatic N) is 1. The highest BCUT2D eigenvalue weighted by Gasteiger charge is 2.43. The summed E-state index contributed by atoms with van der Waals surface area (Å²) in [6.07, 6.45) is 2.09. The largest absolute Gasteiger partial charge is 0.467 e. The molecule has 1 fully saturated rings. The number of fused-ring (bicyclic) bond motifs is 1. The molecule has 1 aliphatic heterocycles. The van der Waals surface area contributed by atoms with Crippen molar-refractivity contribution in [2.75, 3.05) is 7.11 Å². The zero-order valence-corrected chi connectivity index (χ0v) is 11.3. The summed E-state index contributed by atoms with van der Waals surface area (Å²) in [5.74, 6) is -0.672. The molecular formula is C15H16FNO3. The van der Waals surface area contributed by atoms with Gasteiger partial charge in [0.25, 0.3) is 0 Å². The van der Waals surface area contributed by atoms with Crippen LogP contribution >= 0.6 is 0 Å². The van der Waals surface area contributed by atoms with Crippen molar-refractivity contribution < 1.29 is 18.7 Å². The van der Waals surface area contributed by atoms with Gasteiger partial charge in [-0.15, -0.1) is 0 Å². The SMILES string of the molecule is COC(=O)C1CCC(=O)N1C1CCc2c(F)cccc21. The van der Waals surface area contributed by atoms with Gasteiger partial charge in [0.15, 0.2) is 0 Å².